The van der Waals surface area contributed by atoms with E-state index in [1.54, 1.807) is 12.5 Å². The van der Waals surface area contributed by atoms with Gasteiger partial charge in [0.2, 0.25) is 5.91 Å². The average Bonchev–Trinajstić information content (AvgIpc) is 3.30. The van der Waals surface area contributed by atoms with E-state index < -0.39 is 6.04 Å². The van der Waals surface area contributed by atoms with Crippen LogP contribution in [0, 0.1) is 0 Å². The third-order valence-electron chi connectivity index (χ3n) is 5.86. The molecule has 0 saturated heterocycles. The fourth-order valence-corrected chi connectivity index (χ4v) is 4.42. The molecular weight excluding hydrogens is 404 g/mol. The van der Waals surface area contributed by atoms with Gasteiger partial charge in [0.25, 0.3) is 0 Å². The third-order valence-corrected chi connectivity index (χ3v) is 5.86. The Morgan fingerprint density at radius 1 is 1.12 bits per heavy atom. The van der Waals surface area contributed by atoms with Gasteiger partial charge >= 0.3 is 0 Å². The summed E-state index contributed by atoms with van der Waals surface area (Å²) in [4.78, 5) is 32.4. The van der Waals surface area contributed by atoms with Gasteiger partial charge in [-0.25, -0.2) is 0 Å². The zero-order valence-electron chi connectivity index (χ0n) is 17.6. The Kier molecular flexibility index (Phi) is 5.46. The predicted octanol–water partition coefficient (Wildman–Crippen LogP) is 3.97. The highest BCUT2D eigenvalue weighted by atomic mass is 16.3. The van der Waals surface area contributed by atoms with Crippen LogP contribution in [0.15, 0.2) is 82.7 Å². The van der Waals surface area contributed by atoms with Crippen molar-refractivity contribution in [2.45, 2.75) is 31.8 Å². The summed E-state index contributed by atoms with van der Waals surface area (Å²) in [6.07, 6.45) is 5.39. The van der Waals surface area contributed by atoms with Gasteiger partial charge in [-0.1, -0.05) is 18.2 Å². The van der Waals surface area contributed by atoms with E-state index in [9.17, 15) is 9.59 Å². The SMILES string of the molecule is O=C(CN1c2ccccc2NC2=C(C(=O)CCC2)C1c1ccco1)NCc1ccccn1. The number of carbonyl (C=O) groups excluding carboxylic acids is 2. The molecule has 0 spiro atoms. The highest BCUT2D eigenvalue weighted by molar-refractivity contribution is 6.01. The Morgan fingerprint density at radius 3 is 2.81 bits per heavy atom. The summed E-state index contributed by atoms with van der Waals surface area (Å²) in [5.41, 5.74) is 4.10. The normalized spacial score (nSPS) is 17.8. The molecule has 1 aliphatic heterocycles. The molecule has 3 aromatic rings. The highest BCUT2D eigenvalue weighted by Gasteiger charge is 2.38. The Balaban J connectivity index is 1.52. The zero-order chi connectivity index (χ0) is 21.9. The second kappa shape index (κ2) is 8.70. The highest BCUT2D eigenvalue weighted by Crippen LogP contribution is 2.44. The van der Waals surface area contributed by atoms with E-state index in [4.69, 9.17) is 4.42 Å². The lowest BCUT2D eigenvalue weighted by Gasteiger charge is -2.33. The first-order valence-electron chi connectivity index (χ1n) is 10.8. The number of anilines is 2. The molecule has 2 N–H and O–H groups in total. The topological polar surface area (TPSA) is 87.5 Å². The van der Waals surface area contributed by atoms with Crippen LogP contribution in [0.3, 0.4) is 0 Å². The Labute approximate surface area is 186 Å². The van der Waals surface area contributed by atoms with Gasteiger partial charge in [0.05, 0.1) is 36.4 Å². The first kappa shape index (κ1) is 20.1. The van der Waals surface area contributed by atoms with Gasteiger partial charge in [0.15, 0.2) is 5.78 Å². The van der Waals surface area contributed by atoms with Crippen LogP contribution in [0.1, 0.15) is 36.8 Å². The predicted molar refractivity (Wildman–Crippen MR) is 121 cm³/mol. The molecule has 5 rings (SSSR count). The van der Waals surface area contributed by atoms with Gasteiger partial charge in [-0.15, -0.1) is 0 Å². The van der Waals surface area contributed by atoms with Crippen molar-refractivity contribution in [2.24, 2.45) is 0 Å². The zero-order valence-corrected chi connectivity index (χ0v) is 17.6. The molecule has 1 aromatic carbocycles. The van der Waals surface area contributed by atoms with Crippen LogP contribution in [0.5, 0.6) is 0 Å². The molecule has 0 saturated carbocycles. The number of carbonyl (C=O) groups is 2. The minimum absolute atomic E-state index is 0.0704. The monoisotopic (exact) mass is 428 g/mol. The van der Waals surface area contributed by atoms with Gasteiger partial charge in [0, 0.05) is 23.9 Å². The largest absolute Gasteiger partial charge is 0.467 e. The standard InChI is InChI=1S/C25H24N4O3/c30-21-11-5-9-19-24(21)25(22-12-6-14-32-22)29(20-10-2-1-8-18(20)28-19)16-23(31)27-15-17-7-3-4-13-26-17/h1-4,6-8,10,12-14,25,28H,5,9,11,15-16H2,(H,27,31). The molecule has 7 heteroatoms. The molecule has 2 aliphatic rings. The van der Waals surface area contributed by atoms with E-state index in [1.807, 2.05) is 59.5 Å². The molecule has 2 aromatic heterocycles. The first-order chi connectivity index (χ1) is 15.7. The van der Waals surface area contributed by atoms with Crippen LogP contribution in [-0.2, 0) is 16.1 Å². The molecule has 1 amide bonds. The molecule has 162 valence electrons. The van der Waals surface area contributed by atoms with Gasteiger partial charge in [-0.3, -0.25) is 14.6 Å². The number of fused-ring (bicyclic) bond motifs is 1. The molecule has 0 fully saturated rings. The Morgan fingerprint density at radius 2 is 2.00 bits per heavy atom. The number of nitrogens with one attached hydrogen (secondary N) is 2. The maximum Gasteiger partial charge on any atom is 0.239 e. The number of nitrogens with zero attached hydrogens (tertiary/aromatic N) is 2. The number of benzene rings is 1. The minimum Gasteiger partial charge on any atom is -0.467 e. The van der Waals surface area contributed by atoms with E-state index in [0.29, 0.717) is 24.3 Å². The summed E-state index contributed by atoms with van der Waals surface area (Å²) in [6.45, 7) is 0.409. The van der Waals surface area contributed by atoms with Crippen molar-refractivity contribution in [1.29, 1.82) is 0 Å². The van der Waals surface area contributed by atoms with Crippen molar-refractivity contribution in [1.82, 2.24) is 10.3 Å². The summed E-state index contributed by atoms with van der Waals surface area (Å²) in [5, 5.41) is 6.43. The summed E-state index contributed by atoms with van der Waals surface area (Å²) < 4.78 is 5.78. The minimum atomic E-state index is -0.482. The van der Waals surface area contributed by atoms with Crippen molar-refractivity contribution in [3.8, 4) is 0 Å². The second-order valence-corrected chi connectivity index (χ2v) is 7.95. The fourth-order valence-electron chi connectivity index (χ4n) is 4.42. The van der Waals surface area contributed by atoms with Crippen LogP contribution in [0.2, 0.25) is 0 Å². The maximum atomic E-state index is 13.1. The molecule has 1 aliphatic carbocycles. The van der Waals surface area contributed by atoms with Crippen molar-refractivity contribution in [2.75, 3.05) is 16.8 Å². The Hall–Kier alpha value is -3.87. The smallest absolute Gasteiger partial charge is 0.239 e. The quantitative estimate of drug-likeness (QED) is 0.639. The van der Waals surface area contributed by atoms with Gasteiger partial charge < -0.3 is 20.0 Å². The first-order valence-corrected chi connectivity index (χ1v) is 10.8. The molecule has 7 nitrogen and oxygen atoms in total. The number of aromatic nitrogens is 1. The Bertz CT molecular complexity index is 1150. The summed E-state index contributed by atoms with van der Waals surface area (Å²) in [7, 11) is 0. The number of hydrogen-bond acceptors (Lipinski definition) is 6. The molecule has 3 heterocycles. The van der Waals surface area contributed by atoms with Crippen LogP contribution in [0.25, 0.3) is 0 Å². The van der Waals surface area contributed by atoms with E-state index in [1.165, 1.54) is 0 Å². The van der Waals surface area contributed by atoms with E-state index in [-0.39, 0.29) is 18.2 Å². The average molecular weight is 428 g/mol. The number of pyridine rings is 1. The summed E-state index contributed by atoms with van der Waals surface area (Å²) in [6, 6.07) is 16.6. The van der Waals surface area contributed by atoms with Gasteiger partial charge in [0.1, 0.15) is 11.8 Å². The number of rotatable bonds is 5. The molecule has 1 unspecified atom stereocenters. The van der Waals surface area contributed by atoms with Crippen LogP contribution in [-0.4, -0.2) is 23.2 Å². The van der Waals surface area contributed by atoms with Crippen LogP contribution < -0.4 is 15.5 Å². The summed E-state index contributed by atoms with van der Waals surface area (Å²) in [5.74, 6) is 0.574. The van der Waals surface area contributed by atoms with Crippen molar-refractivity contribution >= 4 is 23.1 Å². The molecular formula is C25H24N4O3. The van der Waals surface area contributed by atoms with Crippen LogP contribution >= 0.6 is 0 Å². The lowest BCUT2D eigenvalue weighted by molar-refractivity contribution is -0.120. The van der Waals surface area contributed by atoms with E-state index in [2.05, 4.69) is 15.6 Å². The number of para-hydroxylation sites is 2. The number of furan rings is 1. The number of allylic oxidation sites excluding steroid dienone is 1. The number of amides is 1. The lowest BCUT2D eigenvalue weighted by Crippen LogP contribution is -2.41. The number of ketones is 1. The van der Waals surface area contributed by atoms with E-state index in [0.717, 1.165) is 35.6 Å². The lowest BCUT2D eigenvalue weighted by atomic mass is 9.88. The van der Waals surface area contributed by atoms with Gasteiger partial charge in [-0.2, -0.15) is 0 Å². The summed E-state index contributed by atoms with van der Waals surface area (Å²) >= 11 is 0. The van der Waals surface area contributed by atoms with Crippen molar-refractivity contribution in [3.05, 3.63) is 89.8 Å². The number of Topliss-reactive ketones (excluding diaryl/α,β-unsaturated/α-hetero) is 1. The molecule has 0 bridgehead atoms. The fraction of sp³-hybridized carbons (Fsp3) is 0.240. The van der Waals surface area contributed by atoms with Crippen molar-refractivity contribution in [3.63, 3.8) is 0 Å². The van der Waals surface area contributed by atoms with E-state index >= 15 is 0 Å². The van der Waals surface area contributed by atoms with Gasteiger partial charge in [-0.05, 0) is 49.2 Å². The van der Waals surface area contributed by atoms with Crippen molar-refractivity contribution < 1.29 is 14.0 Å². The molecule has 1 atom stereocenters. The maximum absolute atomic E-state index is 13.1. The van der Waals surface area contributed by atoms with Crippen LogP contribution in [0.4, 0.5) is 11.4 Å². The molecule has 32 heavy (non-hydrogen) atoms. The third kappa shape index (κ3) is 3.89. The second-order valence-electron chi connectivity index (χ2n) is 7.95. The number of hydrogen-bond donors (Lipinski definition) is 2. The molecule has 0 radical (unpaired) electrons.